The molecular formula is C30H29NO4. The van der Waals surface area contributed by atoms with Crippen LogP contribution in [-0.2, 0) is 22.6 Å². The minimum atomic E-state index is -0.496. The van der Waals surface area contributed by atoms with Crippen LogP contribution in [0.2, 0.25) is 0 Å². The molecule has 0 radical (unpaired) electrons. The van der Waals surface area contributed by atoms with Gasteiger partial charge in [-0.2, -0.15) is 0 Å². The Labute approximate surface area is 205 Å². The van der Waals surface area contributed by atoms with E-state index in [1.54, 1.807) is 12.1 Å². The van der Waals surface area contributed by atoms with Crippen molar-refractivity contribution in [3.63, 3.8) is 0 Å². The Hall–Kier alpha value is -4.12. The molecular weight excluding hydrogens is 438 g/mol. The van der Waals surface area contributed by atoms with E-state index in [1.165, 1.54) is 18.1 Å². The number of carbonyl (C=O) groups excluding carboxylic acids is 1. The lowest BCUT2D eigenvalue weighted by atomic mass is 9.86. The Morgan fingerprint density at radius 3 is 2.14 bits per heavy atom. The van der Waals surface area contributed by atoms with E-state index in [1.807, 2.05) is 71.4 Å². The summed E-state index contributed by atoms with van der Waals surface area (Å²) < 4.78 is 1.81. The van der Waals surface area contributed by atoms with Crippen LogP contribution in [0.15, 0.2) is 108 Å². The number of benzene rings is 3. The van der Waals surface area contributed by atoms with E-state index in [0.29, 0.717) is 12.3 Å². The number of carbonyl (C=O) groups is 1. The highest BCUT2D eigenvalue weighted by molar-refractivity contribution is 5.65. The first-order chi connectivity index (χ1) is 17.1. The molecule has 4 rings (SSSR count). The third-order valence-corrected chi connectivity index (χ3v) is 5.87. The molecule has 0 saturated heterocycles. The SMILES string of the molecule is CC(=O)OOc1cccc(CCCCn2cc(C(c3ccccc3)c3ccccc3)ccc2=O)c1. The van der Waals surface area contributed by atoms with Gasteiger partial charge in [0.2, 0.25) is 0 Å². The molecule has 4 aromatic rings. The summed E-state index contributed by atoms with van der Waals surface area (Å²) in [6.45, 7) is 1.94. The second kappa shape index (κ2) is 11.8. The first-order valence-corrected chi connectivity index (χ1v) is 11.8. The molecule has 1 aromatic heterocycles. The van der Waals surface area contributed by atoms with Crippen molar-refractivity contribution in [3.8, 4) is 5.75 Å². The molecule has 3 aromatic carbocycles. The normalized spacial score (nSPS) is 10.8. The van der Waals surface area contributed by atoms with Crippen LogP contribution < -0.4 is 10.4 Å². The van der Waals surface area contributed by atoms with E-state index in [0.717, 1.165) is 30.4 Å². The molecule has 0 spiro atoms. The monoisotopic (exact) mass is 467 g/mol. The highest BCUT2D eigenvalue weighted by Gasteiger charge is 2.17. The Morgan fingerprint density at radius 1 is 0.800 bits per heavy atom. The number of aromatic nitrogens is 1. The maximum atomic E-state index is 12.6. The zero-order valence-corrected chi connectivity index (χ0v) is 19.8. The predicted molar refractivity (Wildman–Crippen MR) is 136 cm³/mol. The summed E-state index contributed by atoms with van der Waals surface area (Å²) in [5.41, 5.74) is 4.58. The fourth-order valence-electron chi connectivity index (χ4n) is 4.23. The zero-order valence-electron chi connectivity index (χ0n) is 19.8. The van der Waals surface area contributed by atoms with Gasteiger partial charge < -0.3 is 4.57 Å². The molecule has 0 N–H and O–H groups in total. The Bertz CT molecular complexity index is 1260. The molecule has 178 valence electrons. The zero-order chi connectivity index (χ0) is 24.5. The van der Waals surface area contributed by atoms with E-state index < -0.39 is 5.97 Å². The maximum absolute atomic E-state index is 12.6. The average Bonchev–Trinajstić information content (AvgIpc) is 2.89. The van der Waals surface area contributed by atoms with Crippen molar-refractivity contribution in [2.75, 3.05) is 0 Å². The summed E-state index contributed by atoms with van der Waals surface area (Å²) in [4.78, 5) is 33.1. The summed E-state index contributed by atoms with van der Waals surface area (Å²) in [5, 5.41) is 0. The van der Waals surface area contributed by atoms with Gasteiger partial charge in [-0.1, -0.05) is 78.9 Å². The highest BCUT2D eigenvalue weighted by Crippen LogP contribution is 2.31. The number of hydrogen-bond acceptors (Lipinski definition) is 4. The van der Waals surface area contributed by atoms with Gasteiger partial charge in [0, 0.05) is 31.6 Å². The standard InChI is InChI=1S/C30H29NO4/c1-23(32)34-35-28-17-10-12-24(21-28)11-8-9-20-31-22-27(18-19-29(31)33)30(25-13-4-2-5-14-25)26-15-6-3-7-16-26/h2-7,10,12-19,21-22,30H,8-9,11,20H2,1H3. The number of pyridine rings is 1. The molecule has 0 aliphatic carbocycles. The van der Waals surface area contributed by atoms with Crippen LogP contribution in [0.1, 0.15) is 47.9 Å². The fourth-order valence-corrected chi connectivity index (χ4v) is 4.23. The van der Waals surface area contributed by atoms with Crippen LogP contribution in [0.5, 0.6) is 5.75 Å². The number of rotatable bonds is 10. The van der Waals surface area contributed by atoms with Gasteiger partial charge in [-0.25, -0.2) is 4.79 Å². The number of hydrogen-bond donors (Lipinski definition) is 0. The first-order valence-electron chi connectivity index (χ1n) is 11.8. The van der Waals surface area contributed by atoms with Crippen LogP contribution in [0, 0.1) is 0 Å². The van der Waals surface area contributed by atoms with Gasteiger partial charge in [0.25, 0.3) is 5.56 Å². The first kappa shape index (κ1) is 24.0. The van der Waals surface area contributed by atoms with Crippen LogP contribution in [0.25, 0.3) is 0 Å². The lowest BCUT2D eigenvalue weighted by Gasteiger charge is -2.20. The molecule has 0 aliphatic rings. The number of aryl methyl sites for hydroxylation is 2. The van der Waals surface area contributed by atoms with Gasteiger partial charge in [-0.3, -0.25) is 14.6 Å². The second-order valence-corrected chi connectivity index (χ2v) is 8.51. The summed E-state index contributed by atoms with van der Waals surface area (Å²) in [6, 6.07) is 31.9. The molecule has 1 heterocycles. The van der Waals surface area contributed by atoms with Gasteiger partial charge in [-0.05, 0) is 53.6 Å². The Morgan fingerprint density at radius 2 is 1.49 bits per heavy atom. The lowest BCUT2D eigenvalue weighted by Crippen LogP contribution is -2.20. The molecule has 0 aliphatic heterocycles. The number of unbranched alkanes of at least 4 members (excludes halogenated alkanes) is 1. The molecule has 0 fully saturated rings. The molecule has 0 atom stereocenters. The van der Waals surface area contributed by atoms with E-state index in [9.17, 15) is 9.59 Å². The van der Waals surface area contributed by atoms with Crippen LogP contribution in [0.3, 0.4) is 0 Å². The molecule has 5 heteroatoms. The van der Waals surface area contributed by atoms with Gasteiger partial charge in [0.15, 0.2) is 5.75 Å². The highest BCUT2D eigenvalue weighted by atomic mass is 17.2. The maximum Gasteiger partial charge on any atom is 0.352 e. The van der Waals surface area contributed by atoms with Crippen molar-refractivity contribution in [1.82, 2.24) is 4.57 Å². The summed E-state index contributed by atoms with van der Waals surface area (Å²) in [6.07, 6.45) is 4.61. The van der Waals surface area contributed by atoms with Gasteiger partial charge >= 0.3 is 5.97 Å². The van der Waals surface area contributed by atoms with Crippen molar-refractivity contribution < 1.29 is 14.6 Å². The minimum Gasteiger partial charge on any atom is -0.315 e. The second-order valence-electron chi connectivity index (χ2n) is 8.51. The van der Waals surface area contributed by atoms with Gasteiger partial charge in [-0.15, -0.1) is 0 Å². The molecule has 35 heavy (non-hydrogen) atoms. The minimum absolute atomic E-state index is 0.00500. The van der Waals surface area contributed by atoms with Crippen molar-refractivity contribution in [2.45, 2.75) is 38.6 Å². The van der Waals surface area contributed by atoms with E-state index >= 15 is 0 Å². The Kier molecular flexibility index (Phi) is 8.12. The van der Waals surface area contributed by atoms with Crippen molar-refractivity contribution in [2.24, 2.45) is 0 Å². The molecule has 0 amide bonds. The van der Waals surface area contributed by atoms with E-state index in [4.69, 9.17) is 4.89 Å². The van der Waals surface area contributed by atoms with E-state index in [-0.39, 0.29) is 11.5 Å². The molecule has 0 unspecified atom stereocenters. The number of nitrogens with zero attached hydrogens (tertiary/aromatic N) is 1. The van der Waals surface area contributed by atoms with Crippen LogP contribution in [-0.4, -0.2) is 10.5 Å². The summed E-state index contributed by atoms with van der Waals surface area (Å²) in [7, 11) is 0. The largest absolute Gasteiger partial charge is 0.352 e. The lowest BCUT2D eigenvalue weighted by molar-refractivity contribution is -0.210. The van der Waals surface area contributed by atoms with Gasteiger partial charge in [0.1, 0.15) is 0 Å². The topological polar surface area (TPSA) is 57.5 Å². The third kappa shape index (κ3) is 6.70. The smallest absolute Gasteiger partial charge is 0.315 e. The van der Waals surface area contributed by atoms with Gasteiger partial charge in [0.05, 0.1) is 0 Å². The average molecular weight is 468 g/mol. The summed E-state index contributed by atoms with van der Waals surface area (Å²) >= 11 is 0. The fraction of sp³-hybridized carbons (Fsp3) is 0.200. The Balaban J connectivity index is 1.44. The molecule has 5 nitrogen and oxygen atoms in total. The van der Waals surface area contributed by atoms with E-state index in [2.05, 4.69) is 29.2 Å². The molecule has 0 bridgehead atoms. The van der Waals surface area contributed by atoms with Crippen molar-refractivity contribution >= 4 is 5.97 Å². The summed E-state index contributed by atoms with van der Waals surface area (Å²) in [5.74, 6) is 0.0588. The van der Waals surface area contributed by atoms with Crippen molar-refractivity contribution in [1.29, 1.82) is 0 Å². The van der Waals surface area contributed by atoms with Crippen LogP contribution >= 0.6 is 0 Å². The third-order valence-electron chi connectivity index (χ3n) is 5.87. The molecule has 0 saturated carbocycles. The van der Waals surface area contributed by atoms with Crippen molar-refractivity contribution in [3.05, 3.63) is 136 Å². The van der Waals surface area contributed by atoms with Crippen LogP contribution in [0.4, 0.5) is 0 Å². The quantitative estimate of drug-likeness (QED) is 0.165. The predicted octanol–water partition coefficient (Wildman–Crippen LogP) is 5.91.